The largest absolute Gasteiger partial charge is 0.385 e. The van der Waals surface area contributed by atoms with Crippen molar-refractivity contribution in [3.8, 4) is 0 Å². The quantitative estimate of drug-likeness (QED) is 0.721. The van der Waals surface area contributed by atoms with Gasteiger partial charge < -0.3 is 5.11 Å². The van der Waals surface area contributed by atoms with E-state index in [0.717, 1.165) is 24.8 Å². The summed E-state index contributed by atoms with van der Waals surface area (Å²) in [5, 5.41) is 10.6. The van der Waals surface area contributed by atoms with Gasteiger partial charge in [-0.1, -0.05) is 36.8 Å². The molecule has 2 rings (SSSR count). The van der Waals surface area contributed by atoms with E-state index in [1.165, 1.54) is 5.56 Å². The number of hydrogen-bond acceptors (Lipinski definition) is 1. The Kier molecular flexibility index (Phi) is 2.36. The molecule has 14 heavy (non-hydrogen) atoms. The highest BCUT2D eigenvalue weighted by Gasteiger charge is 2.39. The van der Waals surface area contributed by atoms with Crippen molar-refractivity contribution < 1.29 is 5.11 Å². The summed E-state index contributed by atoms with van der Waals surface area (Å²) in [7, 11) is 0. The average molecular weight is 190 g/mol. The molecule has 1 heteroatoms. The van der Waals surface area contributed by atoms with Crippen LogP contribution in [0.3, 0.4) is 0 Å². The summed E-state index contributed by atoms with van der Waals surface area (Å²) in [5.41, 5.74) is 1.77. The van der Waals surface area contributed by atoms with Crippen molar-refractivity contribution in [1.82, 2.24) is 0 Å². The fourth-order valence-corrected chi connectivity index (χ4v) is 2.51. The van der Waals surface area contributed by atoms with Gasteiger partial charge in [0.25, 0.3) is 0 Å². The molecule has 0 radical (unpaired) electrons. The monoisotopic (exact) mass is 190 g/mol. The Balaban J connectivity index is 2.38. The van der Waals surface area contributed by atoms with Crippen molar-refractivity contribution in [3.63, 3.8) is 0 Å². The SMILES string of the molecule is Cc1cccc([C@@]2(O)CCC[C@@H]2C)c1. The Bertz CT molecular complexity index is 332. The number of rotatable bonds is 1. The third kappa shape index (κ3) is 1.46. The smallest absolute Gasteiger partial charge is 0.0922 e. The van der Waals surface area contributed by atoms with Crippen molar-refractivity contribution in [1.29, 1.82) is 0 Å². The zero-order chi connectivity index (χ0) is 10.2. The standard InChI is InChI=1S/C13H18O/c1-10-5-3-7-12(9-10)13(14)8-4-6-11(13)2/h3,5,7,9,11,14H,4,6,8H2,1-2H3/t11-,13+/m0/s1. The van der Waals surface area contributed by atoms with Crippen LogP contribution in [0.15, 0.2) is 24.3 Å². The van der Waals surface area contributed by atoms with Gasteiger partial charge in [-0.2, -0.15) is 0 Å². The Labute approximate surface area is 85.8 Å². The van der Waals surface area contributed by atoms with Crippen molar-refractivity contribution in [2.75, 3.05) is 0 Å². The van der Waals surface area contributed by atoms with E-state index in [4.69, 9.17) is 0 Å². The fourth-order valence-electron chi connectivity index (χ4n) is 2.51. The Morgan fingerprint density at radius 2 is 2.21 bits per heavy atom. The van der Waals surface area contributed by atoms with Crippen LogP contribution in [0.4, 0.5) is 0 Å². The van der Waals surface area contributed by atoms with E-state index in [1.54, 1.807) is 0 Å². The molecule has 1 aliphatic carbocycles. The zero-order valence-corrected chi connectivity index (χ0v) is 8.96. The molecule has 0 bridgehead atoms. The van der Waals surface area contributed by atoms with Gasteiger partial charge in [0.05, 0.1) is 5.60 Å². The highest BCUT2D eigenvalue weighted by atomic mass is 16.3. The van der Waals surface area contributed by atoms with Gasteiger partial charge in [-0.3, -0.25) is 0 Å². The molecule has 1 saturated carbocycles. The van der Waals surface area contributed by atoms with E-state index in [0.29, 0.717) is 5.92 Å². The van der Waals surface area contributed by atoms with Crippen molar-refractivity contribution in [2.24, 2.45) is 5.92 Å². The molecule has 0 aromatic heterocycles. The number of aryl methyl sites for hydroxylation is 1. The van der Waals surface area contributed by atoms with Crippen LogP contribution in [0.5, 0.6) is 0 Å². The molecule has 2 atom stereocenters. The second-order valence-electron chi connectivity index (χ2n) is 4.59. The molecule has 0 spiro atoms. The van der Waals surface area contributed by atoms with Crippen LogP contribution in [0, 0.1) is 12.8 Å². The summed E-state index contributed by atoms with van der Waals surface area (Å²) in [5.74, 6) is 0.393. The highest BCUT2D eigenvalue weighted by Crippen LogP contribution is 2.43. The summed E-state index contributed by atoms with van der Waals surface area (Å²) in [4.78, 5) is 0. The summed E-state index contributed by atoms with van der Waals surface area (Å²) >= 11 is 0. The maximum absolute atomic E-state index is 10.6. The van der Waals surface area contributed by atoms with Gasteiger partial charge in [-0.15, -0.1) is 0 Å². The van der Waals surface area contributed by atoms with Gasteiger partial charge in [0.2, 0.25) is 0 Å². The molecule has 1 nitrogen and oxygen atoms in total. The van der Waals surface area contributed by atoms with Crippen LogP contribution in [0.1, 0.15) is 37.3 Å². The molecule has 0 saturated heterocycles. The predicted molar refractivity (Wildman–Crippen MR) is 58.1 cm³/mol. The van der Waals surface area contributed by atoms with Crippen molar-refractivity contribution in [3.05, 3.63) is 35.4 Å². The van der Waals surface area contributed by atoms with E-state index in [-0.39, 0.29) is 0 Å². The molecule has 1 aliphatic rings. The molecule has 1 aromatic rings. The first-order valence-corrected chi connectivity index (χ1v) is 5.42. The van der Waals surface area contributed by atoms with Crippen LogP contribution >= 0.6 is 0 Å². The van der Waals surface area contributed by atoms with Gasteiger partial charge in [0, 0.05) is 0 Å². The van der Waals surface area contributed by atoms with E-state index in [2.05, 4.69) is 32.0 Å². The van der Waals surface area contributed by atoms with Crippen molar-refractivity contribution in [2.45, 2.75) is 38.7 Å². The number of hydrogen-bond donors (Lipinski definition) is 1. The highest BCUT2D eigenvalue weighted by molar-refractivity contribution is 5.28. The minimum Gasteiger partial charge on any atom is -0.385 e. The van der Waals surface area contributed by atoms with E-state index >= 15 is 0 Å². The molecule has 0 heterocycles. The van der Waals surface area contributed by atoms with Crippen LogP contribution in [-0.2, 0) is 5.60 Å². The topological polar surface area (TPSA) is 20.2 Å². The third-order valence-corrected chi connectivity index (χ3v) is 3.53. The second-order valence-corrected chi connectivity index (χ2v) is 4.59. The molecule has 1 aromatic carbocycles. The molecular weight excluding hydrogens is 172 g/mol. The lowest BCUT2D eigenvalue weighted by Gasteiger charge is -2.28. The summed E-state index contributed by atoms with van der Waals surface area (Å²) in [6.45, 7) is 4.22. The molecule has 76 valence electrons. The van der Waals surface area contributed by atoms with Crippen LogP contribution in [-0.4, -0.2) is 5.11 Å². The molecule has 0 amide bonds. The first kappa shape index (κ1) is 9.72. The van der Waals surface area contributed by atoms with Gasteiger partial charge >= 0.3 is 0 Å². The van der Waals surface area contributed by atoms with Gasteiger partial charge in [-0.25, -0.2) is 0 Å². The minimum atomic E-state index is -0.563. The van der Waals surface area contributed by atoms with E-state index in [9.17, 15) is 5.11 Å². The zero-order valence-electron chi connectivity index (χ0n) is 8.96. The Hall–Kier alpha value is -0.820. The van der Waals surface area contributed by atoms with Gasteiger partial charge in [-0.05, 0) is 37.7 Å². The lowest BCUT2D eigenvalue weighted by atomic mass is 9.84. The van der Waals surface area contributed by atoms with Crippen LogP contribution in [0.25, 0.3) is 0 Å². The van der Waals surface area contributed by atoms with E-state index in [1.807, 2.05) is 6.07 Å². The predicted octanol–water partition coefficient (Wildman–Crippen LogP) is 3.00. The normalized spacial score (nSPS) is 32.1. The lowest BCUT2D eigenvalue weighted by molar-refractivity contribution is 0.00444. The number of aliphatic hydroxyl groups is 1. The summed E-state index contributed by atoms with van der Waals surface area (Å²) in [6, 6.07) is 8.27. The molecule has 1 fully saturated rings. The minimum absolute atomic E-state index is 0.393. The Morgan fingerprint density at radius 1 is 1.43 bits per heavy atom. The molecule has 0 unspecified atom stereocenters. The molecular formula is C13H18O. The summed E-state index contributed by atoms with van der Waals surface area (Å²) in [6.07, 6.45) is 3.20. The van der Waals surface area contributed by atoms with Gasteiger partial charge in [0.15, 0.2) is 0 Å². The van der Waals surface area contributed by atoms with E-state index < -0.39 is 5.60 Å². The fraction of sp³-hybridized carbons (Fsp3) is 0.538. The third-order valence-electron chi connectivity index (χ3n) is 3.53. The second kappa shape index (κ2) is 3.39. The maximum atomic E-state index is 10.6. The van der Waals surface area contributed by atoms with Crippen molar-refractivity contribution >= 4 is 0 Å². The molecule has 1 N–H and O–H groups in total. The lowest BCUT2D eigenvalue weighted by Crippen LogP contribution is -2.28. The van der Waals surface area contributed by atoms with Gasteiger partial charge in [0.1, 0.15) is 0 Å². The van der Waals surface area contributed by atoms with Crippen LogP contribution < -0.4 is 0 Å². The average Bonchev–Trinajstić information content (AvgIpc) is 2.49. The maximum Gasteiger partial charge on any atom is 0.0922 e. The first-order chi connectivity index (χ1) is 6.63. The Morgan fingerprint density at radius 3 is 2.79 bits per heavy atom. The first-order valence-electron chi connectivity index (χ1n) is 5.42. The molecule has 0 aliphatic heterocycles. The van der Waals surface area contributed by atoms with Crippen LogP contribution in [0.2, 0.25) is 0 Å². The number of benzene rings is 1. The summed E-state index contributed by atoms with van der Waals surface area (Å²) < 4.78 is 0.